The van der Waals surface area contributed by atoms with Crippen molar-refractivity contribution in [3.8, 4) is 5.75 Å². The van der Waals surface area contributed by atoms with Crippen molar-refractivity contribution in [2.45, 2.75) is 12.2 Å². The highest BCUT2D eigenvalue weighted by atomic mass is 19.4. The van der Waals surface area contributed by atoms with Gasteiger partial charge in [-0.2, -0.15) is 13.2 Å². The van der Waals surface area contributed by atoms with Crippen LogP contribution >= 0.6 is 0 Å². The lowest BCUT2D eigenvalue weighted by atomic mass is 10.1. The predicted molar refractivity (Wildman–Crippen MR) is 85.4 cm³/mol. The van der Waals surface area contributed by atoms with Gasteiger partial charge in [-0.3, -0.25) is 4.79 Å². The van der Waals surface area contributed by atoms with Gasteiger partial charge in [0.1, 0.15) is 0 Å². The molecule has 0 bridgehead atoms. The molecule has 0 aromatic heterocycles. The van der Waals surface area contributed by atoms with E-state index in [9.17, 15) is 22.4 Å². The molecule has 1 amide bonds. The van der Waals surface area contributed by atoms with E-state index in [-0.39, 0.29) is 11.3 Å². The Morgan fingerprint density at radius 2 is 1.84 bits per heavy atom. The summed E-state index contributed by atoms with van der Waals surface area (Å²) in [6, 6.07) is 8.87. The largest absolute Gasteiger partial charge is 0.494 e. The molecule has 3 nitrogen and oxygen atoms in total. The van der Waals surface area contributed by atoms with Gasteiger partial charge in [-0.15, -0.1) is 0 Å². The van der Waals surface area contributed by atoms with Gasteiger partial charge in [-0.05, 0) is 29.3 Å². The zero-order valence-electron chi connectivity index (χ0n) is 13.2. The predicted octanol–water partition coefficient (Wildman–Crippen LogP) is 4.27. The van der Waals surface area contributed by atoms with Gasteiger partial charge in [0.05, 0.1) is 7.11 Å². The molecule has 0 radical (unpaired) electrons. The van der Waals surface area contributed by atoms with Crippen molar-refractivity contribution in [3.05, 3.63) is 71.6 Å². The second kappa shape index (κ2) is 7.83. The summed E-state index contributed by atoms with van der Waals surface area (Å²) in [6.45, 7) is 0. The Hall–Kier alpha value is -2.83. The molecule has 2 aromatic carbocycles. The molecule has 1 atom stereocenters. The summed E-state index contributed by atoms with van der Waals surface area (Å²) in [4.78, 5) is 11.8. The van der Waals surface area contributed by atoms with Crippen LogP contribution in [0.2, 0.25) is 0 Å². The lowest BCUT2D eigenvalue weighted by Gasteiger charge is -2.21. The van der Waals surface area contributed by atoms with Gasteiger partial charge >= 0.3 is 6.18 Å². The Morgan fingerprint density at radius 1 is 1.16 bits per heavy atom. The quantitative estimate of drug-likeness (QED) is 0.644. The first-order chi connectivity index (χ1) is 11.8. The fourth-order valence-corrected chi connectivity index (χ4v) is 2.15. The van der Waals surface area contributed by atoms with E-state index in [1.54, 1.807) is 6.07 Å². The third kappa shape index (κ3) is 5.07. The fourth-order valence-electron chi connectivity index (χ4n) is 2.15. The SMILES string of the molecule is COc1ccc(/C=C/C(=O)NC(c2ccccc2)C(F)(F)F)cc1F. The lowest BCUT2D eigenvalue weighted by Crippen LogP contribution is -2.37. The van der Waals surface area contributed by atoms with E-state index < -0.39 is 23.9 Å². The van der Waals surface area contributed by atoms with E-state index in [0.717, 1.165) is 12.1 Å². The molecule has 0 heterocycles. The van der Waals surface area contributed by atoms with E-state index in [1.165, 1.54) is 49.6 Å². The van der Waals surface area contributed by atoms with Crippen molar-refractivity contribution in [1.29, 1.82) is 0 Å². The molecule has 1 N–H and O–H groups in total. The molecule has 7 heteroatoms. The van der Waals surface area contributed by atoms with Crippen LogP contribution in [0.15, 0.2) is 54.6 Å². The second-order valence-corrected chi connectivity index (χ2v) is 5.12. The van der Waals surface area contributed by atoms with E-state index in [1.807, 2.05) is 5.32 Å². The summed E-state index contributed by atoms with van der Waals surface area (Å²) in [6.07, 6.45) is -2.50. The van der Waals surface area contributed by atoms with Crippen LogP contribution in [-0.2, 0) is 4.79 Å². The first-order valence-corrected chi connectivity index (χ1v) is 7.25. The number of nitrogens with one attached hydrogen (secondary N) is 1. The molecule has 0 saturated heterocycles. The van der Waals surface area contributed by atoms with Crippen molar-refractivity contribution in [2.24, 2.45) is 0 Å². The minimum atomic E-state index is -4.64. The summed E-state index contributed by atoms with van der Waals surface area (Å²) >= 11 is 0. The Bertz CT molecular complexity index is 757. The first-order valence-electron chi connectivity index (χ1n) is 7.25. The summed E-state index contributed by atoms with van der Waals surface area (Å²) < 4.78 is 57.8. The lowest BCUT2D eigenvalue weighted by molar-refractivity contribution is -0.162. The van der Waals surface area contributed by atoms with Gasteiger partial charge in [0.2, 0.25) is 5.91 Å². The summed E-state index contributed by atoms with van der Waals surface area (Å²) in [5.74, 6) is -1.55. The minimum Gasteiger partial charge on any atom is -0.494 e. The Kier molecular flexibility index (Phi) is 5.80. The highest BCUT2D eigenvalue weighted by Crippen LogP contribution is 2.32. The van der Waals surface area contributed by atoms with Gasteiger partial charge in [-0.1, -0.05) is 36.4 Å². The highest BCUT2D eigenvalue weighted by molar-refractivity contribution is 5.92. The van der Waals surface area contributed by atoms with Crippen molar-refractivity contribution in [3.63, 3.8) is 0 Å². The van der Waals surface area contributed by atoms with Crippen LogP contribution in [0.4, 0.5) is 17.6 Å². The number of rotatable bonds is 5. The van der Waals surface area contributed by atoms with Gasteiger partial charge in [0.25, 0.3) is 0 Å². The molecule has 0 aliphatic rings. The number of alkyl halides is 3. The molecule has 0 aliphatic carbocycles. The molecule has 25 heavy (non-hydrogen) atoms. The smallest absolute Gasteiger partial charge is 0.412 e. The maximum absolute atomic E-state index is 13.6. The summed E-state index contributed by atoms with van der Waals surface area (Å²) in [5, 5.41) is 1.91. The molecule has 0 spiro atoms. The molecular formula is C18H15F4NO2. The molecule has 0 fully saturated rings. The number of carbonyl (C=O) groups is 1. The van der Waals surface area contributed by atoms with Crippen LogP contribution in [0, 0.1) is 5.82 Å². The Morgan fingerprint density at radius 3 is 2.40 bits per heavy atom. The van der Waals surface area contributed by atoms with Gasteiger partial charge in [0, 0.05) is 6.08 Å². The zero-order valence-corrected chi connectivity index (χ0v) is 13.2. The molecule has 2 aromatic rings. The number of hydrogen-bond acceptors (Lipinski definition) is 2. The molecule has 0 aliphatic heterocycles. The number of benzene rings is 2. The summed E-state index contributed by atoms with van der Waals surface area (Å²) in [5.41, 5.74) is 0.240. The Balaban J connectivity index is 2.12. The number of methoxy groups -OCH3 is 1. The highest BCUT2D eigenvalue weighted by Gasteiger charge is 2.41. The number of amides is 1. The first kappa shape index (κ1) is 18.5. The van der Waals surface area contributed by atoms with E-state index in [0.29, 0.717) is 5.56 Å². The van der Waals surface area contributed by atoms with Crippen molar-refractivity contribution < 1.29 is 27.1 Å². The monoisotopic (exact) mass is 353 g/mol. The fraction of sp³-hybridized carbons (Fsp3) is 0.167. The van der Waals surface area contributed by atoms with Crippen LogP contribution in [0.3, 0.4) is 0 Å². The molecule has 1 unspecified atom stereocenters. The van der Waals surface area contributed by atoms with Crippen LogP contribution in [0.5, 0.6) is 5.75 Å². The average molecular weight is 353 g/mol. The zero-order chi connectivity index (χ0) is 18.4. The van der Waals surface area contributed by atoms with Crippen molar-refractivity contribution in [1.82, 2.24) is 5.32 Å². The van der Waals surface area contributed by atoms with Crippen LogP contribution in [-0.4, -0.2) is 19.2 Å². The summed E-state index contributed by atoms with van der Waals surface area (Å²) in [7, 11) is 1.31. The van der Waals surface area contributed by atoms with Crippen LogP contribution in [0.25, 0.3) is 6.08 Å². The average Bonchev–Trinajstić information content (AvgIpc) is 2.57. The van der Waals surface area contributed by atoms with Crippen LogP contribution in [0.1, 0.15) is 17.2 Å². The molecule has 132 valence electrons. The van der Waals surface area contributed by atoms with Gasteiger partial charge in [0.15, 0.2) is 17.6 Å². The number of carbonyl (C=O) groups excluding carboxylic acids is 1. The van der Waals surface area contributed by atoms with Gasteiger partial charge in [-0.25, -0.2) is 4.39 Å². The maximum atomic E-state index is 13.6. The van der Waals surface area contributed by atoms with Crippen molar-refractivity contribution >= 4 is 12.0 Å². The topological polar surface area (TPSA) is 38.3 Å². The Labute approximate surface area is 141 Å². The molecule has 2 rings (SSSR count). The third-order valence-electron chi connectivity index (χ3n) is 3.35. The number of ether oxygens (including phenoxy) is 1. The van der Waals surface area contributed by atoms with E-state index in [4.69, 9.17) is 4.74 Å². The van der Waals surface area contributed by atoms with Crippen molar-refractivity contribution in [2.75, 3.05) is 7.11 Å². The number of hydrogen-bond donors (Lipinski definition) is 1. The second-order valence-electron chi connectivity index (χ2n) is 5.12. The van der Waals surface area contributed by atoms with E-state index >= 15 is 0 Å². The van der Waals surface area contributed by atoms with Gasteiger partial charge < -0.3 is 10.1 Å². The number of halogens is 4. The standard InChI is InChI=1S/C18H15F4NO2/c1-25-15-9-7-12(11-14(15)19)8-10-16(24)23-17(18(20,21)22)13-5-3-2-4-6-13/h2-11,17H,1H3,(H,23,24)/b10-8+. The third-order valence-corrected chi connectivity index (χ3v) is 3.35. The normalized spacial score (nSPS) is 12.8. The molecular weight excluding hydrogens is 338 g/mol. The van der Waals surface area contributed by atoms with E-state index in [2.05, 4.69) is 0 Å². The molecule has 0 saturated carbocycles. The van der Waals surface area contributed by atoms with Crippen LogP contribution < -0.4 is 10.1 Å². The maximum Gasteiger partial charge on any atom is 0.412 e. The minimum absolute atomic E-state index is 0.0304.